The summed E-state index contributed by atoms with van der Waals surface area (Å²) in [6.45, 7) is 2.08. The van der Waals surface area contributed by atoms with Gasteiger partial charge >= 0.3 is 0 Å². The molecule has 0 amide bonds. The zero-order valence-corrected chi connectivity index (χ0v) is 10.6. The second-order valence-electron chi connectivity index (χ2n) is 3.75. The van der Waals surface area contributed by atoms with Crippen molar-refractivity contribution in [1.29, 1.82) is 0 Å². The number of nitrogens with zero attached hydrogens (tertiary/aromatic N) is 1. The lowest BCUT2D eigenvalue weighted by Crippen LogP contribution is -2.13. The van der Waals surface area contributed by atoms with Crippen molar-refractivity contribution in [3.05, 3.63) is 50.9 Å². The maximum absolute atomic E-state index is 6.17. The van der Waals surface area contributed by atoms with Crippen LogP contribution in [-0.2, 0) is 6.42 Å². The minimum absolute atomic E-state index is 0.0138. The maximum Gasteiger partial charge on any atom is 0.0622 e. The Balaban J connectivity index is 2.17. The summed E-state index contributed by atoms with van der Waals surface area (Å²) in [5, 5.41) is 2.76. The molecule has 0 aliphatic carbocycles. The highest BCUT2D eigenvalue weighted by molar-refractivity contribution is 7.10. The summed E-state index contributed by atoms with van der Waals surface area (Å²) in [6.07, 6.45) is 4.16. The van der Waals surface area contributed by atoms with Crippen molar-refractivity contribution < 1.29 is 0 Å². The van der Waals surface area contributed by atoms with E-state index in [1.165, 1.54) is 10.4 Å². The smallest absolute Gasteiger partial charge is 0.0622 e. The summed E-state index contributed by atoms with van der Waals surface area (Å²) in [4.78, 5) is 5.19. The van der Waals surface area contributed by atoms with Crippen LogP contribution < -0.4 is 5.73 Å². The predicted octanol–water partition coefficient (Wildman–Crippen LogP) is 3.35. The van der Waals surface area contributed by atoms with E-state index in [-0.39, 0.29) is 6.04 Å². The molecule has 1 atom stereocenters. The Morgan fingerprint density at radius 3 is 2.94 bits per heavy atom. The van der Waals surface area contributed by atoms with Crippen LogP contribution in [-0.4, -0.2) is 4.98 Å². The van der Waals surface area contributed by atoms with Gasteiger partial charge in [-0.2, -0.15) is 0 Å². The summed E-state index contributed by atoms with van der Waals surface area (Å²) in [5.74, 6) is 0. The molecule has 2 rings (SSSR count). The fourth-order valence-electron chi connectivity index (χ4n) is 1.66. The van der Waals surface area contributed by atoms with Gasteiger partial charge in [-0.25, -0.2) is 0 Å². The van der Waals surface area contributed by atoms with Gasteiger partial charge < -0.3 is 5.73 Å². The largest absolute Gasteiger partial charge is 0.323 e. The average molecular weight is 253 g/mol. The van der Waals surface area contributed by atoms with Crippen LogP contribution >= 0.6 is 22.9 Å². The third kappa shape index (κ3) is 2.43. The molecule has 0 spiro atoms. The molecule has 2 aromatic heterocycles. The fraction of sp³-hybridized carbons (Fsp3) is 0.250. The molecule has 2 N–H and O–H groups in total. The molecule has 0 aromatic carbocycles. The Morgan fingerprint density at radius 1 is 1.50 bits per heavy atom. The number of rotatable bonds is 3. The number of hydrogen-bond acceptors (Lipinski definition) is 3. The van der Waals surface area contributed by atoms with Crippen molar-refractivity contribution in [2.24, 2.45) is 5.73 Å². The van der Waals surface area contributed by atoms with Gasteiger partial charge in [0.05, 0.1) is 5.02 Å². The first kappa shape index (κ1) is 11.6. The Morgan fingerprint density at radius 2 is 2.31 bits per heavy atom. The van der Waals surface area contributed by atoms with Crippen LogP contribution in [0, 0.1) is 6.92 Å². The van der Waals surface area contributed by atoms with Crippen molar-refractivity contribution in [2.45, 2.75) is 19.4 Å². The third-order valence-corrected chi connectivity index (χ3v) is 4.03. The Hall–Kier alpha value is -0.900. The van der Waals surface area contributed by atoms with Gasteiger partial charge in [0.1, 0.15) is 0 Å². The van der Waals surface area contributed by atoms with Gasteiger partial charge in [-0.05, 0) is 42.0 Å². The molecule has 1 unspecified atom stereocenters. The van der Waals surface area contributed by atoms with E-state index in [1.54, 1.807) is 23.7 Å². The van der Waals surface area contributed by atoms with Crippen LogP contribution in [0.5, 0.6) is 0 Å². The topological polar surface area (TPSA) is 38.9 Å². The van der Waals surface area contributed by atoms with E-state index in [0.29, 0.717) is 5.02 Å². The molecule has 0 fully saturated rings. The van der Waals surface area contributed by atoms with Gasteiger partial charge in [0.2, 0.25) is 0 Å². The van der Waals surface area contributed by atoms with E-state index in [1.807, 2.05) is 6.07 Å². The molecule has 2 aromatic rings. The molecule has 0 aliphatic rings. The van der Waals surface area contributed by atoms with Gasteiger partial charge in [-0.3, -0.25) is 4.98 Å². The number of thiophene rings is 1. The number of pyridine rings is 1. The standard InChI is InChI=1S/C12H13ClN2S/c1-8-3-5-16-12(8)11(14)6-9-2-4-15-7-10(9)13/h2-5,7,11H,6,14H2,1H3. The molecule has 0 bridgehead atoms. The highest BCUT2D eigenvalue weighted by Gasteiger charge is 2.12. The van der Waals surface area contributed by atoms with E-state index >= 15 is 0 Å². The minimum Gasteiger partial charge on any atom is -0.323 e. The van der Waals surface area contributed by atoms with Crippen LogP contribution in [0.25, 0.3) is 0 Å². The first-order valence-electron chi connectivity index (χ1n) is 5.06. The predicted molar refractivity (Wildman–Crippen MR) is 68.9 cm³/mol. The summed E-state index contributed by atoms with van der Waals surface area (Å²) in [5.41, 5.74) is 8.48. The first-order chi connectivity index (χ1) is 7.68. The molecular formula is C12H13ClN2S. The van der Waals surface area contributed by atoms with Crippen LogP contribution in [0.1, 0.15) is 22.0 Å². The summed E-state index contributed by atoms with van der Waals surface area (Å²) in [7, 11) is 0. The SMILES string of the molecule is Cc1ccsc1C(N)Cc1ccncc1Cl. The highest BCUT2D eigenvalue weighted by atomic mass is 35.5. The molecule has 4 heteroatoms. The molecule has 0 radical (unpaired) electrons. The molecule has 84 valence electrons. The number of aromatic nitrogens is 1. The number of aryl methyl sites for hydroxylation is 1. The summed E-state index contributed by atoms with van der Waals surface area (Å²) in [6, 6.07) is 4.03. The van der Waals surface area contributed by atoms with Crippen molar-refractivity contribution in [3.63, 3.8) is 0 Å². The second-order valence-corrected chi connectivity index (χ2v) is 5.10. The van der Waals surface area contributed by atoms with E-state index in [0.717, 1.165) is 12.0 Å². The normalized spacial score (nSPS) is 12.7. The van der Waals surface area contributed by atoms with Gasteiger partial charge in [0.25, 0.3) is 0 Å². The maximum atomic E-state index is 6.17. The number of hydrogen-bond donors (Lipinski definition) is 1. The lowest BCUT2D eigenvalue weighted by Gasteiger charge is -2.12. The molecule has 0 saturated carbocycles. The zero-order valence-electron chi connectivity index (χ0n) is 8.98. The zero-order chi connectivity index (χ0) is 11.5. The Bertz CT molecular complexity index is 481. The molecule has 2 heterocycles. The monoisotopic (exact) mass is 252 g/mol. The van der Waals surface area contributed by atoms with Gasteiger partial charge in [-0.1, -0.05) is 11.6 Å². The number of nitrogens with two attached hydrogens (primary N) is 1. The van der Waals surface area contributed by atoms with Crippen molar-refractivity contribution in [1.82, 2.24) is 4.98 Å². The lowest BCUT2D eigenvalue weighted by atomic mass is 10.0. The Labute approximate surface area is 104 Å². The van der Waals surface area contributed by atoms with Gasteiger partial charge in [-0.15, -0.1) is 11.3 Å². The van der Waals surface area contributed by atoms with Crippen molar-refractivity contribution in [2.75, 3.05) is 0 Å². The first-order valence-corrected chi connectivity index (χ1v) is 6.32. The minimum atomic E-state index is 0.0138. The van der Waals surface area contributed by atoms with Crippen LogP contribution in [0.3, 0.4) is 0 Å². The third-order valence-electron chi connectivity index (χ3n) is 2.53. The molecule has 16 heavy (non-hydrogen) atoms. The van der Waals surface area contributed by atoms with E-state index in [9.17, 15) is 0 Å². The van der Waals surface area contributed by atoms with E-state index < -0.39 is 0 Å². The van der Waals surface area contributed by atoms with Gasteiger partial charge in [0, 0.05) is 23.3 Å². The molecule has 0 aliphatic heterocycles. The number of halogens is 1. The van der Waals surface area contributed by atoms with Crippen molar-refractivity contribution in [3.8, 4) is 0 Å². The van der Waals surface area contributed by atoms with Crippen molar-refractivity contribution >= 4 is 22.9 Å². The van der Waals surface area contributed by atoms with E-state index in [2.05, 4.69) is 23.4 Å². The molecule has 2 nitrogen and oxygen atoms in total. The lowest BCUT2D eigenvalue weighted by molar-refractivity contribution is 0.731. The Kier molecular flexibility index (Phi) is 3.59. The fourth-order valence-corrected chi connectivity index (χ4v) is 2.79. The summed E-state index contributed by atoms with van der Waals surface area (Å²) < 4.78 is 0. The molecule has 0 saturated heterocycles. The second kappa shape index (κ2) is 4.95. The molecular weight excluding hydrogens is 240 g/mol. The van der Waals surface area contributed by atoms with Crippen LogP contribution in [0.15, 0.2) is 29.9 Å². The van der Waals surface area contributed by atoms with Gasteiger partial charge in [0.15, 0.2) is 0 Å². The van der Waals surface area contributed by atoms with E-state index in [4.69, 9.17) is 17.3 Å². The highest BCUT2D eigenvalue weighted by Crippen LogP contribution is 2.26. The van der Waals surface area contributed by atoms with Crippen LogP contribution in [0.4, 0.5) is 0 Å². The van der Waals surface area contributed by atoms with Crippen LogP contribution in [0.2, 0.25) is 5.02 Å². The average Bonchev–Trinajstić information content (AvgIpc) is 2.68. The quantitative estimate of drug-likeness (QED) is 0.910. The summed E-state index contributed by atoms with van der Waals surface area (Å²) >= 11 is 7.75.